The predicted octanol–water partition coefficient (Wildman–Crippen LogP) is 4.80. The minimum Gasteiger partial charge on any atom is -0.492 e. The van der Waals surface area contributed by atoms with Crippen LogP contribution < -0.4 is 10.1 Å². The van der Waals surface area contributed by atoms with Gasteiger partial charge in [0.1, 0.15) is 11.6 Å². The SMILES string of the molecule is CCOc1cc(C)ccc1NCc1ccc(Cl)cc1F. The Morgan fingerprint density at radius 2 is 2.00 bits per heavy atom. The number of nitrogens with one attached hydrogen (secondary N) is 1. The summed E-state index contributed by atoms with van der Waals surface area (Å²) in [7, 11) is 0. The summed E-state index contributed by atoms with van der Waals surface area (Å²) < 4.78 is 19.3. The van der Waals surface area contributed by atoms with Gasteiger partial charge in [-0.1, -0.05) is 23.7 Å². The standard InChI is InChI=1S/C16H17ClFNO/c1-3-20-16-8-11(2)4-7-15(16)19-10-12-5-6-13(17)9-14(12)18/h4-9,19H,3,10H2,1-2H3. The minimum atomic E-state index is -0.310. The lowest BCUT2D eigenvalue weighted by atomic mass is 10.2. The second kappa shape index (κ2) is 6.62. The first-order valence-electron chi connectivity index (χ1n) is 6.51. The molecule has 0 radical (unpaired) electrons. The summed E-state index contributed by atoms with van der Waals surface area (Å²) in [5, 5.41) is 3.59. The van der Waals surface area contributed by atoms with Gasteiger partial charge in [0.15, 0.2) is 0 Å². The van der Waals surface area contributed by atoms with Gasteiger partial charge in [-0.2, -0.15) is 0 Å². The van der Waals surface area contributed by atoms with Crippen LogP contribution in [0.1, 0.15) is 18.1 Å². The van der Waals surface area contributed by atoms with Gasteiger partial charge in [-0.05, 0) is 43.7 Å². The van der Waals surface area contributed by atoms with Crippen LogP contribution >= 0.6 is 11.6 Å². The molecule has 0 saturated carbocycles. The topological polar surface area (TPSA) is 21.3 Å². The maximum Gasteiger partial charge on any atom is 0.142 e. The van der Waals surface area contributed by atoms with Crippen molar-refractivity contribution in [3.05, 3.63) is 58.4 Å². The van der Waals surface area contributed by atoms with Gasteiger partial charge >= 0.3 is 0 Å². The lowest BCUT2D eigenvalue weighted by molar-refractivity contribution is 0.341. The van der Waals surface area contributed by atoms with Crippen LogP contribution in [0.2, 0.25) is 5.02 Å². The second-order valence-electron chi connectivity index (χ2n) is 4.52. The number of rotatable bonds is 5. The van der Waals surface area contributed by atoms with Crippen molar-refractivity contribution in [1.29, 1.82) is 0 Å². The van der Waals surface area contributed by atoms with Crippen molar-refractivity contribution in [2.24, 2.45) is 0 Å². The van der Waals surface area contributed by atoms with E-state index in [4.69, 9.17) is 16.3 Å². The molecule has 0 bridgehead atoms. The van der Waals surface area contributed by atoms with Crippen molar-refractivity contribution in [1.82, 2.24) is 0 Å². The summed E-state index contributed by atoms with van der Waals surface area (Å²) in [6, 6.07) is 10.6. The molecule has 0 aromatic heterocycles. The van der Waals surface area contributed by atoms with Crippen LogP contribution in [0, 0.1) is 12.7 Å². The molecule has 2 nitrogen and oxygen atoms in total. The zero-order chi connectivity index (χ0) is 14.5. The Balaban J connectivity index is 2.14. The van der Waals surface area contributed by atoms with Crippen molar-refractivity contribution in [2.45, 2.75) is 20.4 Å². The highest BCUT2D eigenvalue weighted by atomic mass is 35.5. The van der Waals surface area contributed by atoms with Gasteiger partial charge in [0.05, 0.1) is 12.3 Å². The molecule has 0 aliphatic heterocycles. The van der Waals surface area contributed by atoms with Gasteiger partial charge in [-0.3, -0.25) is 0 Å². The summed E-state index contributed by atoms with van der Waals surface area (Å²) in [6.45, 7) is 4.91. The molecule has 20 heavy (non-hydrogen) atoms. The van der Waals surface area contributed by atoms with Crippen LogP contribution in [0.3, 0.4) is 0 Å². The largest absolute Gasteiger partial charge is 0.492 e. The Morgan fingerprint density at radius 3 is 2.70 bits per heavy atom. The Hall–Kier alpha value is -1.74. The van der Waals surface area contributed by atoms with E-state index in [9.17, 15) is 4.39 Å². The molecule has 0 unspecified atom stereocenters. The summed E-state index contributed by atoms with van der Waals surface area (Å²) in [5.41, 5.74) is 2.54. The molecule has 0 heterocycles. The third-order valence-corrected chi connectivity index (χ3v) is 3.16. The van der Waals surface area contributed by atoms with E-state index in [0.717, 1.165) is 17.0 Å². The zero-order valence-corrected chi connectivity index (χ0v) is 12.3. The lowest BCUT2D eigenvalue weighted by Crippen LogP contribution is -2.04. The quantitative estimate of drug-likeness (QED) is 0.855. The van der Waals surface area contributed by atoms with Gasteiger partial charge in [-0.25, -0.2) is 4.39 Å². The number of aryl methyl sites for hydroxylation is 1. The molecule has 2 aromatic rings. The van der Waals surface area contributed by atoms with Crippen LogP contribution in [0.25, 0.3) is 0 Å². The van der Waals surface area contributed by atoms with Crippen LogP contribution in [-0.4, -0.2) is 6.61 Å². The summed E-state index contributed by atoms with van der Waals surface area (Å²) in [4.78, 5) is 0. The Bertz CT molecular complexity index is 601. The lowest BCUT2D eigenvalue weighted by Gasteiger charge is -2.13. The third-order valence-electron chi connectivity index (χ3n) is 2.92. The van der Waals surface area contributed by atoms with Crippen LogP contribution in [-0.2, 0) is 6.54 Å². The van der Waals surface area contributed by atoms with Gasteiger partial charge in [0, 0.05) is 17.1 Å². The molecule has 0 aliphatic rings. The molecule has 0 atom stereocenters. The Morgan fingerprint density at radius 1 is 1.20 bits per heavy atom. The molecule has 1 N–H and O–H groups in total. The number of benzene rings is 2. The average molecular weight is 294 g/mol. The van der Waals surface area contributed by atoms with Crippen LogP contribution in [0.4, 0.5) is 10.1 Å². The fourth-order valence-electron chi connectivity index (χ4n) is 1.91. The molecule has 0 aliphatic carbocycles. The molecule has 0 fully saturated rings. The average Bonchev–Trinajstić information content (AvgIpc) is 2.40. The first-order chi connectivity index (χ1) is 9.60. The molecule has 4 heteroatoms. The van der Waals surface area contributed by atoms with Crippen molar-refractivity contribution in [3.63, 3.8) is 0 Å². The monoisotopic (exact) mass is 293 g/mol. The van der Waals surface area contributed by atoms with Crippen LogP contribution in [0.5, 0.6) is 5.75 Å². The van der Waals surface area contributed by atoms with E-state index in [-0.39, 0.29) is 5.82 Å². The maximum absolute atomic E-state index is 13.7. The number of halogens is 2. The normalized spacial score (nSPS) is 10.4. The number of ether oxygens (including phenoxy) is 1. The highest BCUT2D eigenvalue weighted by Gasteiger charge is 2.06. The molecule has 2 rings (SSSR count). The predicted molar refractivity (Wildman–Crippen MR) is 81.1 cm³/mol. The van der Waals surface area contributed by atoms with Crippen LogP contribution in [0.15, 0.2) is 36.4 Å². The smallest absolute Gasteiger partial charge is 0.142 e. The fraction of sp³-hybridized carbons (Fsp3) is 0.250. The summed E-state index contributed by atoms with van der Waals surface area (Å²) in [5.74, 6) is 0.469. The Kier molecular flexibility index (Phi) is 4.85. The van der Waals surface area contributed by atoms with E-state index < -0.39 is 0 Å². The van der Waals surface area contributed by atoms with Crippen molar-refractivity contribution < 1.29 is 9.13 Å². The molecular formula is C16H17ClFNO. The molecule has 2 aromatic carbocycles. The van der Waals surface area contributed by atoms with E-state index >= 15 is 0 Å². The van der Waals surface area contributed by atoms with E-state index in [1.54, 1.807) is 12.1 Å². The van der Waals surface area contributed by atoms with E-state index in [2.05, 4.69) is 5.32 Å². The van der Waals surface area contributed by atoms with Crippen molar-refractivity contribution in [3.8, 4) is 5.75 Å². The second-order valence-corrected chi connectivity index (χ2v) is 4.96. The summed E-state index contributed by atoms with van der Waals surface area (Å²) in [6.07, 6.45) is 0. The number of hydrogen-bond donors (Lipinski definition) is 1. The molecule has 0 amide bonds. The van der Waals surface area contributed by atoms with Gasteiger partial charge in [0.25, 0.3) is 0 Å². The first kappa shape index (κ1) is 14.7. The fourth-order valence-corrected chi connectivity index (χ4v) is 2.06. The molecular weight excluding hydrogens is 277 g/mol. The van der Waals surface area contributed by atoms with Gasteiger partial charge < -0.3 is 10.1 Å². The number of hydrogen-bond acceptors (Lipinski definition) is 2. The molecule has 0 saturated heterocycles. The van der Waals surface area contributed by atoms with E-state index in [1.165, 1.54) is 6.07 Å². The molecule has 0 spiro atoms. The van der Waals surface area contributed by atoms with Crippen molar-refractivity contribution in [2.75, 3.05) is 11.9 Å². The first-order valence-corrected chi connectivity index (χ1v) is 6.89. The van der Waals surface area contributed by atoms with Crippen molar-refractivity contribution >= 4 is 17.3 Å². The number of anilines is 1. The third kappa shape index (κ3) is 3.64. The zero-order valence-electron chi connectivity index (χ0n) is 11.5. The minimum absolute atomic E-state index is 0.310. The molecule has 106 valence electrons. The maximum atomic E-state index is 13.7. The summed E-state index contributed by atoms with van der Waals surface area (Å²) >= 11 is 5.74. The van der Waals surface area contributed by atoms with Gasteiger partial charge in [-0.15, -0.1) is 0 Å². The van der Waals surface area contributed by atoms with Gasteiger partial charge in [0.2, 0.25) is 0 Å². The highest BCUT2D eigenvalue weighted by Crippen LogP contribution is 2.26. The Labute approximate surface area is 123 Å². The highest BCUT2D eigenvalue weighted by molar-refractivity contribution is 6.30. The van der Waals surface area contributed by atoms with E-state index in [0.29, 0.717) is 23.7 Å². The van der Waals surface area contributed by atoms with E-state index in [1.807, 2.05) is 32.0 Å².